The van der Waals surface area contributed by atoms with E-state index in [-0.39, 0.29) is 5.91 Å². The van der Waals surface area contributed by atoms with E-state index < -0.39 is 0 Å². The van der Waals surface area contributed by atoms with Gasteiger partial charge in [0.05, 0.1) is 24.8 Å². The Labute approximate surface area is 185 Å². The number of amides is 1. The van der Waals surface area contributed by atoms with Gasteiger partial charge in [-0.15, -0.1) is 0 Å². The minimum Gasteiger partial charge on any atom is -0.493 e. The first-order chi connectivity index (χ1) is 15.1. The summed E-state index contributed by atoms with van der Waals surface area (Å²) in [6.07, 6.45) is 1.80. The highest BCUT2D eigenvalue weighted by Gasteiger charge is 2.24. The van der Waals surface area contributed by atoms with E-state index in [4.69, 9.17) is 9.47 Å². The lowest BCUT2D eigenvalue weighted by atomic mass is 10.2. The number of anilines is 2. The van der Waals surface area contributed by atoms with Crippen molar-refractivity contribution in [1.29, 1.82) is 0 Å². The third kappa shape index (κ3) is 5.07. The largest absolute Gasteiger partial charge is 0.493 e. The van der Waals surface area contributed by atoms with E-state index in [1.54, 1.807) is 20.3 Å². The van der Waals surface area contributed by atoms with Crippen molar-refractivity contribution in [1.82, 2.24) is 5.32 Å². The van der Waals surface area contributed by atoms with Gasteiger partial charge in [-0.25, -0.2) is 4.99 Å². The van der Waals surface area contributed by atoms with Gasteiger partial charge in [0.15, 0.2) is 16.7 Å². The summed E-state index contributed by atoms with van der Waals surface area (Å²) in [6.45, 7) is 0. The Kier molecular flexibility index (Phi) is 6.24. The number of aliphatic imine (C=N–C) groups is 1. The maximum atomic E-state index is 12.4. The Morgan fingerprint density at radius 1 is 0.903 bits per heavy atom. The zero-order valence-electron chi connectivity index (χ0n) is 17.1. The molecule has 1 aliphatic heterocycles. The average molecular weight is 432 g/mol. The van der Waals surface area contributed by atoms with E-state index >= 15 is 0 Å². The summed E-state index contributed by atoms with van der Waals surface area (Å²) in [7, 11) is 3.17. The zero-order chi connectivity index (χ0) is 21.6. The number of thioether (sulfide) groups is 1. The number of hydrogen-bond acceptors (Lipinski definition) is 6. The third-order valence-corrected chi connectivity index (χ3v) is 5.43. The second-order valence-electron chi connectivity index (χ2n) is 6.63. The van der Waals surface area contributed by atoms with Crippen LogP contribution in [0.15, 0.2) is 82.7 Å². The molecule has 7 heteroatoms. The first kappa shape index (κ1) is 20.6. The Morgan fingerprint density at radius 3 is 2.32 bits per heavy atom. The molecule has 156 valence electrons. The summed E-state index contributed by atoms with van der Waals surface area (Å²) in [4.78, 5) is 17.5. The second kappa shape index (κ2) is 9.40. The van der Waals surface area contributed by atoms with Crippen molar-refractivity contribution < 1.29 is 14.3 Å². The Bertz CT molecular complexity index is 1140. The van der Waals surface area contributed by atoms with Crippen molar-refractivity contribution in [3.05, 3.63) is 83.3 Å². The number of para-hydroxylation sites is 1. The van der Waals surface area contributed by atoms with Gasteiger partial charge in [-0.2, -0.15) is 0 Å². The lowest BCUT2D eigenvalue weighted by Crippen LogP contribution is -2.19. The number of ether oxygens (including phenoxy) is 2. The predicted octanol–water partition coefficient (Wildman–Crippen LogP) is 5.34. The molecule has 0 spiro atoms. The van der Waals surface area contributed by atoms with Crippen LogP contribution in [0.1, 0.15) is 5.56 Å². The summed E-state index contributed by atoms with van der Waals surface area (Å²) in [5, 5.41) is 6.69. The minimum absolute atomic E-state index is 0.180. The zero-order valence-corrected chi connectivity index (χ0v) is 17.9. The van der Waals surface area contributed by atoms with Crippen LogP contribution in [0.4, 0.5) is 17.1 Å². The minimum atomic E-state index is -0.180. The molecule has 0 unspecified atom stereocenters. The summed E-state index contributed by atoms with van der Waals surface area (Å²) >= 11 is 1.30. The number of benzene rings is 3. The summed E-state index contributed by atoms with van der Waals surface area (Å²) in [5.74, 6) is 1.07. The molecule has 1 saturated heterocycles. The normalized spacial score (nSPS) is 15.7. The molecule has 0 aliphatic carbocycles. The van der Waals surface area contributed by atoms with Gasteiger partial charge in [-0.1, -0.05) is 24.3 Å². The molecule has 3 aromatic rings. The predicted molar refractivity (Wildman–Crippen MR) is 127 cm³/mol. The second-order valence-corrected chi connectivity index (χ2v) is 7.66. The third-order valence-electron chi connectivity index (χ3n) is 4.52. The molecule has 3 aromatic carbocycles. The van der Waals surface area contributed by atoms with E-state index in [2.05, 4.69) is 15.6 Å². The standard InChI is InChI=1S/C24H21N3O3S/c1-29-20-13-8-16(14-21(20)30-2)15-22-23(28)27-24(31-22)26-19-11-9-18(10-12-19)25-17-6-4-3-5-7-17/h3-15,25H,1-2H3,(H,26,27,28)/b22-15-. The van der Waals surface area contributed by atoms with Crippen LogP contribution in [0.5, 0.6) is 11.5 Å². The van der Waals surface area contributed by atoms with Crippen LogP contribution in [0.3, 0.4) is 0 Å². The molecule has 1 aliphatic rings. The van der Waals surface area contributed by atoms with E-state index in [0.29, 0.717) is 21.6 Å². The van der Waals surface area contributed by atoms with Crippen LogP contribution in [0, 0.1) is 0 Å². The van der Waals surface area contributed by atoms with Crippen molar-refractivity contribution >= 4 is 46.0 Å². The van der Waals surface area contributed by atoms with Gasteiger partial charge in [-0.05, 0) is 71.9 Å². The summed E-state index contributed by atoms with van der Waals surface area (Å²) in [5.41, 5.74) is 3.58. The SMILES string of the molecule is COc1ccc(/C=C2\SC(=Nc3ccc(Nc4ccccc4)cc3)NC2=O)cc1OC. The van der Waals surface area contributed by atoms with E-state index in [0.717, 1.165) is 22.6 Å². The number of nitrogens with one attached hydrogen (secondary N) is 2. The first-order valence-corrected chi connectivity index (χ1v) is 10.4. The Hall–Kier alpha value is -3.71. The van der Waals surface area contributed by atoms with Gasteiger partial charge >= 0.3 is 0 Å². The van der Waals surface area contributed by atoms with Crippen LogP contribution in [-0.4, -0.2) is 25.3 Å². The maximum Gasteiger partial charge on any atom is 0.264 e. The molecule has 0 bridgehead atoms. The number of nitrogens with zero attached hydrogens (tertiary/aromatic N) is 1. The number of carbonyl (C=O) groups excluding carboxylic acids is 1. The van der Waals surface area contributed by atoms with Crippen molar-refractivity contribution in [2.75, 3.05) is 19.5 Å². The lowest BCUT2D eigenvalue weighted by Gasteiger charge is -2.07. The highest BCUT2D eigenvalue weighted by atomic mass is 32.2. The van der Waals surface area contributed by atoms with Gasteiger partial charge in [-0.3, -0.25) is 4.79 Å². The van der Waals surface area contributed by atoms with Crippen molar-refractivity contribution in [3.63, 3.8) is 0 Å². The van der Waals surface area contributed by atoms with Crippen LogP contribution in [0.2, 0.25) is 0 Å². The van der Waals surface area contributed by atoms with Crippen LogP contribution < -0.4 is 20.1 Å². The number of methoxy groups -OCH3 is 2. The highest BCUT2D eigenvalue weighted by molar-refractivity contribution is 8.18. The van der Waals surface area contributed by atoms with Gasteiger partial charge in [0.25, 0.3) is 5.91 Å². The molecule has 6 nitrogen and oxygen atoms in total. The van der Waals surface area contributed by atoms with Crippen molar-refractivity contribution in [2.24, 2.45) is 4.99 Å². The van der Waals surface area contributed by atoms with E-state index in [9.17, 15) is 4.79 Å². The van der Waals surface area contributed by atoms with Crippen LogP contribution in [-0.2, 0) is 4.79 Å². The molecular formula is C24H21N3O3S. The van der Waals surface area contributed by atoms with Crippen molar-refractivity contribution in [2.45, 2.75) is 0 Å². The summed E-state index contributed by atoms with van der Waals surface area (Å²) in [6, 6.07) is 23.2. The molecule has 31 heavy (non-hydrogen) atoms. The molecular weight excluding hydrogens is 410 g/mol. The van der Waals surface area contributed by atoms with Crippen LogP contribution >= 0.6 is 11.8 Å². The summed E-state index contributed by atoms with van der Waals surface area (Å²) < 4.78 is 10.6. The number of carbonyl (C=O) groups is 1. The molecule has 1 heterocycles. The topological polar surface area (TPSA) is 72.0 Å². The van der Waals surface area contributed by atoms with E-state index in [1.165, 1.54) is 11.8 Å². The fraction of sp³-hybridized carbons (Fsp3) is 0.0833. The average Bonchev–Trinajstić information content (AvgIpc) is 3.14. The lowest BCUT2D eigenvalue weighted by molar-refractivity contribution is -0.115. The molecule has 2 N–H and O–H groups in total. The molecule has 0 atom stereocenters. The first-order valence-electron chi connectivity index (χ1n) is 9.58. The number of hydrogen-bond donors (Lipinski definition) is 2. The van der Waals surface area contributed by atoms with Crippen molar-refractivity contribution in [3.8, 4) is 11.5 Å². The van der Waals surface area contributed by atoms with Crippen LogP contribution in [0.25, 0.3) is 6.08 Å². The number of rotatable bonds is 6. The van der Waals surface area contributed by atoms with Gasteiger partial charge < -0.3 is 20.1 Å². The Balaban J connectivity index is 1.47. The molecule has 4 rings (SSSR count). The molecule has 0 saturated carbocycles. The maximum absolute atomic E-state index is 12.4. The van der Waals surface area contributed by atoms with Gasteiger partial charge in [0, 0.05) is 11.4 Å². The molecule has 1 fully saturated rings. The van der Waals surface area contributed by atoms with Gasteiger partial charge in [0.1, 0.15) is 0 Å². The molecule has 1 amide bonds. The Morgan fingerprint density at radius 2 is 1.61 bits per heavy atom. The molecule has 0 radical (unpaired) electrons. The quantitative estimate of drug-likeness (QED) is 0.516. The fourth-order valence-electron chi connectivity index (χ4n) is 3.00. The fourth-order valence-corrected chi connectivity index (χ4v) is 3.84. The number of amidine groups is 1. The highest BCUT2D eigenvalue weighted by Crippen LogP contribution is 2.32. The monoisotopic (exact) mass is 431 g/mol. The molecule has 0 aromatic heterocycles. The van der Waals surface area contributed by atoms with E-state index in [1.807, 2.05) is 72.8 Å². The smallest absolute Gasteiger partial charge is 0.264 e. The van der Waals surface area contributed by atoms with Gasteiger partial charge in [0.2, 0.25) is 0 Å².